The van der Waals surface area contributed by atoms with Gasteiger partial charge in [-0.15, -0.1) is 0 Å². The van der Waals surface area contributed by atoms with Crippen LogP contribution in [0.5, 0.6) is 0 Å². The molecule has 11 heteroatoms. The number of rotatable bonds is 11. The maximum Gasteiger partial charge on any atom is 0.289 e. The van der Waals surface area contributed by atoms with E-state index >= 15 is 0 Å². The number of ketones is 1. The molecule has 1 atom stereocenters. The third kappa shape index (κ3) is 6.99. The molecular weight excluding hydrogens is 460 g/mol. The largest absolute Gasteiger partial charge is 0.379 e. The number of unbranched alkanes of at least 4 members (excludes halogenated alkanes) is 1. The molecule has 3 aliphatic rings. The first-order valence-electron chi connectivity index (χ1n) is 12.8. The summed E-state index contributed by atoms with van der Waals surface area (Å²) in [7, 11) is -3.91. The average Bonchev–Trinajstić information content (AvgIpc) is 3.35. The van der Waals surface area contributed by atoms with Gasteiger partial charge in [0.25, 0.3) is 16.1 Å². The number of carbonyl (C=O) groups excluding carboxylic acids is 3. The lowest BCUT2D eigenvalue weighted by molar-refractivity contribution is -0.141. The normalized spacial score (nSPS) is 22.7. The van der Waals surface area contributed by atoms with Crippen LogP contribution in [-0.4, -0.2) is 74.2 Å². The quantitative estimate of drug-likeness (QED) is 0.365. The van der Waals surface area contributed by atoms with Gasteiger partial charge in [-0.2, -0.15) is 17.4 Å². The van der Waals surface area contributed by atoms with E-state index in [1.807, 2.05) is 6.92 Å². The van der Waals surface area contributed by atoms with Crippen molar-refractivity contribution in [1.29, 1.82) is 0 Å². The van der Waals surface area contributed by atoms with E-state index in [1.165, 1.54) is 4.31 Å². The van der Waals surface area contributed by atoms with Gasteiger partial charge in [0.2, 0.25) is 11.7 Å². The van der Waals surface area contributed by atoms with Crippen LogP contribution in [0.4, 0.5) is 0 Å². The Kier molecular flexibility index (Phi) is 9.87. The van der Waals surface area contributed by atoms with Crippen LogP contribution < -0.4 is 15.4 Å². The van der Waals surface area contributed by atoms with Crippen molar-refractivity contribution in [3.05, 3.63) is 0 Å². The van der Waals surface area contributed by atoms with E-state index in [2.05, 4.69) is 15.4 Å². The van der Waals surface area contributed by atoms with Crippen molar-refractivity contribution >= 4 is 27.8 Å². The molecule has 2 saturated carbocycles. The number of amides is 2. The molecule has 1 saturated heterocycles. The minimum atomic E-state index is -3.91. The lowest BCUT2D eigenvalue weighted by atomic mass is 9.81. The Morgan fingerprint density at radius 1 is 1.03 bits per heavy atom. The fraction of sp³-hybridized carbons (Fsp3) is 0.870. The molecule has 2 amide bonds. The second kappa shape index (κ2) is 12.4. The number of Topliss-reactive ketones (excluding diaryl/α,β-unsaturated/α-hetero) is 1. The third-order valence-electron chi connectivity index (χ3n) is 7.16. The molecule has 194 valence electrons. The SMILES string of the molecule is CCCC[C@H](NC(=O)C1(NS(=O)(=O)N2CCOCC2)CCCCC1)C(=O)C(=O)NC1CCCC1. The molecule has 0 unspecified atom stereocenters. The van der Waals surface area contributed by atoms with E-state index in [0.29, 0.717) is 51.7 Å². The summed E-state index contributed by atoms with van der Waals surface area (Å²) in [4.78, 5) is 39.2. The minimum Gasteiger partial charge on any atom is -0.379 e. The van der Waals surface area contributed by atoms with Gasteiger partial charge in [0, 0.05) is 19.1 Å². The minimum absolute atomic E-state index is 0.00370. The average molecular weight is 501 g/mol. The van der Waals surface area contributed by atoms with E-state index in [0.717, 1.165) is 38.5 Å². The van der Waals surface area contributed by atoms with Crippen molar-refractivity contribution in [3.63, 3.8) is 0 Å². The zero-order valence-corrected chi connectivity index (χ0v) is 21.1. The maximum atomic E-state index is 13.6. The Morgan fingerprint density at radius 3 is 2.29 bits per heavy atom. The third-order valence-corrected chi connectivity index (χ3v) is 8.85. The lowest BCUT2D eigenvalue weighted by Crippen LogP contribution is -2.64. The molecular formula is C23H40N4O6S. The second-order valence-electron chi connectivity index (χ2n) is 9.75. The first-order valence-corrected chi connectivity index (χ1v) is 14.2. The molecule has 3 fully saturated rings. The summed E-state index contributed by atoms with van der Waals surface area (Å²) in [6.45, 7) is 3.05. The van der Waals surface area contributed by atoms with Gasteiger partial charge in [0.05, 0.1) is 19.3 Å². The Bertz CT molecular complexity index is 815. The predicted molar refractivity (Wildman–Crippen MR) is 127 cm³/mol. The summed E-state index contributed by atoms with van der Waals surface area (Å²) in [6, 6.07) is -0.968. The Morgan fingerprint density at radius 2 is 1.68 bits per heavy atom. The standard InChI is InChI=1S/C23H40N4O6S/c1-2-3-11-19(20(28)21(29)24-18-9-5-6-10-18)25-22(30)23(12-7-4-8-13-23)26-34(31,32)27-14-16-33-17-15-27/h18-19,26H,2-17H2,1H3,(H,24,29)(H,25,30)/t19-/m0/s1. The van der Waals surface area contributed by atoms with Crippen molar-refractivity contribution in [3.8, 4) is 0 Å². The highest BCUT2D eigenvalue weighted by Crippen LogP contribution is 2.30. The summed E-state index contributed by atoms with van der Waals surface area (Å²) in [5.74, 6) is -1.84. The van der Waals surface area contributed by atoms with Gasteiger partial charge in [-0.1, -0.05) is 51.9 Å². The van der Waals surface area contributed by atoms with E-state index in [-0.39, 0.29) is 19.1 Å². The molecule has 0 spiro atoms. The Balaban J connectivity index is 1.73. The van der Waals surface area contributed by atoms with Crippen molar-refractivity contribution in [2.45, 2.75) is 102 Å². The van der Waals surface area contributed by atoms with Crippen LogP contribution in [0.25, 0.3) is 0 Å². The molecule has 0 radical (unpaired) electrons. The lowest BCUT2D eigenvalue weighted by Gasteiger charge is -2.39. The van der Waals surface area contributed by atoms with Crippen LogP contribution in [0, 0.1) is 0 Å². The Hall–Kier alpha value is -1.56. The summed E-state index contributed by atoms with van der Waals surface area (Å²) < 4.78 is 35.5. The molecule has 1 aliphatic heterocycles. The number of nitrogens with one attached hydrogen (secondary N) is 3. The van der Waals surface area contributed by atoms with Crippen LogP contribution in [0.2, 0.25) is 0 Å². The van der Waals surface area contributed by atoms with Gasteiger partial charge in [0.15, 0.2) is 0 Å². The van der Waals surface area contributed by atoms with Crippen LogP contribution in [-0.2, 0) is 29.3 Å². The van der Waals surface area contributed by atoms with Crippen molar-refractivity contribution in [2.75, 3.05) is 26.3 Å². The predicted octanol–water partition coefficient (Wildman–Crippen LogP) is 1.16. The fourth-order valence-corrected chi connectivity index (χ4v) is 6.64. The second-order valence-corrected chi connectivity index (χ2v) is 11.4. The highest BCUT2D eigenvalue weighted by Gasteiger charge is 2.45. The van der Waals surface area contributed by atoms with Gasteiger partial charge in [-0.05, 0) is 32.1 Å². The summed E-state index contributed by atoms with van der Waals surface area (Å²) in [5.41, 5.74) is -1.33. The number of hydrogen-bond acceptors (Lipinski definition) is 6. The fourth-order valence-electron chi connectivity index (χ4n) is 5.09. The van der Waals surface area contributed by atoms with Gasteiger partial charge >= 0.3 is 0 Å². The zero-order chi connectivity index (χ0) is 24.6. The van der Waals surface area contributed by atoms with Crippen molar-refractivity contribution in [1.82, 2.24) is 19.7 Å². The van der Waals surface area contributed by atoms with E-state index in [9.17, 15) is 22.8 Å². The zero-order valence-electron chi connectivity index (χ0n) is 20.3. The van der Waals surface area contributed by atoms with Crippen LogP contribution in [0.1, 0.15) is 84.0 Å². The smallest absolute Gasteiger partial charge is 0.289 e. The molecule has 0 aromatic rings. The summed E-state index contributed by atoms with van der Waals surface area (Å²) in [5, 5.41) is 5.58. The van der Waals surface area contributed by atoms with Crippen molar-refractivity contribution < 1.29 is 27.5 Å². The molecule has 2 aliphatic carbocycles. The van der Waals surface area contributed by atoms with Crippen molar-refractivity contribution in [2.24, 2.45) is 0 Å². The number of hydrogen-bond donors (Lipinski definition) is 3. The molecule has 3 N–H and O–H groups in total. The molecule has 0 aromatic heterocycles. The number of carbonyl (C=O) groups is 3. The highest BCUT2D eigenvalue weighted by molar-refractivity contribution is 7.87. The summed E-state index contributed by atoms with van der Waals surface area (Å²) >= 11 is 0. The molecule has 0 bridgehead atoms. The van der Waals surface area contributed by atoms with Crippen LogP contribution in [0.15, 0.2) is 0 Å². The van der Waals surface area contributed by atoms with Gasteiger partial charge in [-0.25, -0.2) is 0 Å². The first kappa shape index (κ1) is 27.0. The maximum absolute atomic E-state index is 13.6. The number of ether oxygens (including phenoxy) is 1. The van der Waals surface area contributed by atoms with E-state index in [1.54, 1.807) is 0 Å². The molecule has 0 aromatic carbocycles. The monoisotopic (exact) mass is 500 g/mol. The van der Waals surface area contributed by atoms with Gasteiger partial charge in [0.1, 0.15) is 5.54 Å². The topological polar surface area (TPSA) is 134 Å². The van der Waals surface area contributed by atoms with Crippen LogP contribution in [0.3, 0.4) is 0 Å². The molecule has 3 rings (SSSR count). The number of morpholine rings is 1. The van der Waals surface area contributed by atoms with E-state index < -0.39 is 39.4 Å². The first-order chi connectivity index (χ1) is 16.3. The molecule has 34 heavy (non-hydrogen) atoms. The number of nitrogens with zero attached hydrogens (tertiary/aromatic N) is 1. The highest BCUT2D eigenvalue weighted by atomic mass is 32.2. The van der Waals surface area contributed by atoms with E-state index in [4.69, 9.17) is 4.74 Å². The van der Waals surface area contributed by atoms with Crippen LogP contribution >= 0.6 is 0 Å². The van der Waals surface area contributed by atoms with Gasteiger partial charge in [-0.3, -0.25) is 14.4 Å². The van der Waals surface area contributed by atoms with Gasteiger partial charge < -0.3 is 15.4 Å². The summed E-state index contributed by atoms with van der Waals surface area (Å²) in [6.07, 6.45) is 8.61. The molecule has 10 nitrogen and oxygen atoms in total. The molecule has 1 heterocycles. The Labute approximate surface area is 203 Å².